The van der Waals surface area contributed by atoms with Crippen LogP contribution in [0.5, 0.6) is 0 Å². The number of carbonyl (C=O) groups is 1. The molecule has 4 nitrogen and oxygen atoms in total. The quantitative estimate of drug-likeness (QED) is 0.514. The van der Waals surface area contributed by atoms with Gasteiger partial charge < -0.3 is 14.2 Å². The Morgan fingerprint density at radius 3 is 2.60 bits per heavy atom. The molecule has 0 spiro atoms. The molecule has 0 aliphatic carbocycles. The van der Waals surface area contributed by atoms with E-state index in [9.17, 15) is 4.79 Å². The molecule has 4 heteroatoms. The average molecular weight is 216 g/mol. The molecule has 0 amide bonds. The summed E-state index contributed by atoms with van der Waals surface area (Å²) in [7, 11) is 0. The van der Waals surface area contributed by atoms with Crippen LogP contribution in [-0.4, -0.2) is 38.5 Å². The van der Waals surface area contributed by atoms with E-state index in [2.05, 4.69) is 0 Å². The average Bonchev–Trinajstić information content (AvgIpc) is 2.25. The maximum Gasteiger partial charge on any atom is 0.309 e. The molecule has 1 aliphatic rings. The summed E-state index contributed by atoms with van der Waals surface area (Å²) >= 11 is 0. The minimum Gasteiger partial charge on any atom is -0.463 e. The molecule has 0 unspecified atom stereocenters. The molecule has 1 rings (SSSR count). The van der Waals surface area contributed by atoms with Crippen molar-refractivity contribution in [2.24, 2.45) is 5.92 Å². The Labute approximate surface area is 90.9 Å². The standard InChI is InChI=1S/C11H20O4/c1-9(2)14-7-8-15-11(12)10-3-5-13-6-4-10/h9-10H,3-8H2,1-2H3. The molecule has 15 heavy (non-hydrogen) atoms. The van der Waals surface area contributed by atoms with E-state index in [4.69, 9.17) is 14.2 Å². The van der Waals surface area contributed by atoms with Gasteiger partial charge in [0.15, 0.2) is 0 Å². The highest BCUT2D eigenvalue weighted by atomic mass is 16.6. The molecule has 88 valence electrons. The molecular weight excluding hydrogens is 196 g/mol. The summed E-state index contributed by atoms with van der Waals surface area (Å²) in [4.78, 5) is 11.5. The van der Waals surface area contributed by atoms with Gasteiger partial charge in [-0.25, -0.2) is 0 Å². The smallest absolute Gasteiger partial charge is 0.309 e. The van der Waals surface area contributed by atoms with Gasteiger partial charge in [-0.3, -0.25) is 4.79 Å². The van der Waals surface area contributed by atoms with Crippen LogP contribution in [0.4, 0.5) is 0 Å². The Bertz CT molecular complexity index is 185. The summed E-state index contributed by atoms with van der Waals surface area (Å²) in [6.07, 6.45) is 1.75. The van der Waals surface area contributed by atoms with Crippen molar-refractivity contribution in [2.75, 3.05) is 26.4 Å². The first-order valence-corrected chi connectivity index (χ1v) is 5.56. The van der Waals surface area contributed by atoms with Crippen LogP contribution in [0.3, 0.4) is 0 Å². The normalized spacial score (nSPS) is 18.1. The Kier molecular flexibility index (Phi) is 5.65. The van der Waals surface area contributed by atoms with E-state index in [1.54, 1.807) is 0 Å². The Morgan fingerprint density at radius 2 is 2.00 bits per heavy atom. The highest BCUT2D eigenvalue weighted by Gasteiger charge is 2.22. The van der Waals surface area contributed by atoms with Crippen molar-refractivity contribution in [3.8, 4) is 0 Å². The first-order chi connectivity index (χ1) is 7.20. The largest absolute Gasteiger partial charge is 0.463 e. The van der Waals surface area contributed by atoms with Crippen LogP contribution in [0.15, 0.2) is 0 Å². The Balaban J connectivity index is 2.07. The van der Waals surface area contributed by atoms with E-state index in [1.807, 2.05) is 13.8 Å². The van der Waals surface area contributed by atoms with Gasteiger partial charge in [-0.05, 0) is 26.7 Å². The van der Waals surface area contributed by atoms with Gasteiger partial charge in [0.05, 0.1) is 18.6 Å². The third-order valence-corrected chi connectivity index (χ3v) is 2.33. The van der Waals surface area contributed by atoms with E-state index >= 15 is 0 Å². The molecule has 1 saturated heterocycles. The number of rotatable bonds is 5. The summed E-state index contributed by atoms with van der Waals surface area (Å²) in [5.41, 5.74) is 0. The first-order valence-electron chi connectivity index (χ1n) is 5.56. The predicted molar refractivity (Wildman–Crippen MR) is 55.6 cm³/mol. The summed E-state index contributed by atoms with van der Waals surface area (Å²) < 4.78 is 15.6. The van der Waals surface area contributed by atoms with Gasteiger partial charge in [0, 0.05) is 13.2 Å². The molecule has 0 radical (unpaired) electrons. The van der Waals surface area contributed by atoms with Crippen molar-refractivity contribution in [1.82, 2.24) is 0 Å². The molecule has 1 fully saturated rings. The number of hydrogen-bond acceptors (Lipinski definition) is 4. The zero-order chi connectivity index (χ0) is 11.1. The van der Waals surface area contributed by atoms with E-state index in [0.717, 1.165) is 12.8 Å². The highest BCUT2D eigenvalue weighted by molar-refractivity contribution is 5.72. The maximum absolute atomic E-state index is 11.5. The van der Waals surface area contributed by atoms with Crippen molar-refractivity contribution < 1.29 is 19.0 Å². The lowest BCUT2D eigenvalue weighted by Gasteiger charge is -2.20. The fourth-order valence-electron chi connectivity index (χ4n) is 1.48. The topological polar surface area (TPSA) is 44.8 Å². The van der Waals surface area contributed by atoms with Crippen molar-refractivity contribution in [3.63, 3.8) is 0 Å². The molecule has 0 aromatic carbocycles. The van der Waals surface area contributed by atoms with E-state index in [1.165, 1.54) is 0 Å². The Morgan fingerprint density at radius 1 is 1.33 bits per heavy atom. The van der Waals surface area contributed by atoms with Crippen molar-refractivity contribution in [3.05, 3.63) is 0 Å². The lowest BCUT2D eigenvalue weighted by Crippen LogP contribution is -2.26. The van der Waals surface area contributed by atoms with Gasteiger partial charge in [-0.2, -0.15) is 0 Å². The number of esters is 1. The van der Waals surface area contributed by atoms with Crippen molar-refractivity contribution in [1.29, 1.82) is 0 Å². The number of carbonyl (C=O) groups excluding carboxylic acids is 1. The monoisotopic (exact) mass is 216 g/mol. The van der Waals surface area contributed by atoms with Gasteiger partial charge in [0.1, 0.15) is 6.61 Å². The highest BCUT2D eigenvalue weighted by Crippen LogP contribution is 2.15. The van der Waals surface area contributed by atoms with Gasteiger partial charge in [0.25, 0.3) is 0 Å². The molecule has 0 aromatic rings. The van der Waals surface area contributed by atoms with Gasteiger partial charge in [-0.1, -0.05) is 0 Å². The fraction of sp³-hybridized carbons (Fsp3) is 0.909. The maximum atomic E-state index is 11.5. The van der Waals surface area contributed by atoms with Crippen LogP contribution in [0.2, 0.25) is 0 Å². The van der Waals surface area contributed by atoms with Crippen molar-refractivity contribution in [2.45, 2.75) is 32.8 Å². The number of hydrogen-bond donors (Lipinski definition) is 0. The molecule has 0 bridgehead atoms. The van der Waals surface area contributed by atoms with Crippen molar-refractivity contribution >= 4 is 5.97 Å². The SMILES string of the molecule is CC(C)OCCOC(=O)C1CCOCC1. The second-order valence-electron chi connectivity index (χ2n) is 3.97. The van der Waals surface area contributed by atoms with Gasteiger partial charge in [0.2, 0.25) is 0 Å². The molecular formula is C11H20O4. The lowest BCUT2D eigenvalue weighted by molar-refractivity contribution is -0.153. The predicted octanol–water partition coefficient (Wildman–Crippen LogP) is 1.38. The third-order valence-electron chi connectivity index (χ3n) is 2.33. The van der Waals surface area contributed by atoms with Crippen LogP contribution < -0.4 is 0 Å². The third kappa shape index (κ3) is 5.14. The zero-order valence-electron chi connectivity index (χ0n) is 9.53. The fourth-order valence-corrected chi connectivity index (χ4v) is 1.48. The minimum atomic E-state index is -0.106. The van der Waals surface area contributed by atoms with Crippen LogP contribution in [0, 0.1) is 5.92 Å². The summed E-state index contributed by atoms with van der Waals surface area (Å²) in [5.74, 6) is -0.0801. The molecule has 0 atom stereocenters. The second kappa shape index (κ2) is 6.80. The van der Waals surface area contributed by atoms with E-state index < -0.39 is 0 Å². The number of ether oxygens (including phenoxy) is 3. The molecule has 1 heterocycles. The second-order valence-corrected chi connectivity index (χ2v) is 3.97. The van der Waals surface area contributed by atoms with Crippen LogP contribution in [0.25, 0.3) is 0 Å². The van der Waals surface area contributed by atoms with Crippen LogP contribution in [0.1, 0.15) is 26.7 Å². The lowest BCUT2D eigenvalue weighted by atomic mass is 10.0. The minimum absolute atomic E-state index is 0.0257. The van der Waals surface area contributed by atoms with E-state index in [-0.39, 0.29) is 18.0 Å². The molecule has 1 aliphatic heterocycles. The van der Waals surface area contributed by atoms with Gasteiger partial charge in [-0.15, -0.1) is 0 Å². The Hall–Kier alpha value is -0.610. The molecule has 0 aromatic heterocycles. The van der Waals surface area contributed by atoms with E-state index in [0.29, 0.717) is 26.4 Å². The first kappa shape index (κ1) is 12.5. The van der Waals surface area contributed by atoms with Crippen LogP contribution >= 0.6 is 0 Å². The van der Waals surface area contributed by atoms with Crippen LogP contribution in [-0.2, 0) is 19.0 Å². The summed E-state index contributed by atoms with van der Waals surface area (Å²) in [5, 5.41) is 0. The summed E-state index contributed by atoms with van der Waals surface area (Å²) in [6, 6.07) is 0. The zero-order valence-corrected chi connectivity index (χ0v) is 9.53. The molecule has 0 N–H and O–H groups in total. The molecule has 0 saturated carbocycles. The van der Waals surface area contributed by atoms with Gasteiger partial charge >= 0.3 is 5.97 Å². The summed E-state index contributed by atoms with van der Waals surface area (Å²) in [6.45, 7) is 6.09.